The lowest BCUT2D eigenvalue weighted by Gasteiger charge is -2.22. The van der Waals surface area contributed by atoms with Gasteiger partial charge in [-0.25, -0.2) is 9.78 Å². The van der Waals surface area contributed by atoms with E-state index in [2.05, 4.69) is 4.98 Å². The second kappa shape index (κ2) is 12.2. The second-order valence-corrected chi connectivity index (χ2v) is 6.71. The smallest absolute Gasteiger partial charge is 0.412 e. The number of hydrogen-bond donors (Lipinski definition) is 0. The topological polar surface area (TPSA) is 79.4 Å². The van der Waals surface area contributed by atoms with Crippen LogP contribution < -0.4 is 14.2 Å². The summed E-state index contributed by atoms with van der Waals surface area (Å²) < 4.78 is 26.3. The molecule has 3 rings (SSSR count). The van der Waals surface area contributed by atoms with Crippen molar-refractivity contribution < 1.29 is 28.5 Å². The first-order valence-corrected chi connectivity index (χ1v) is 9.97. The molecule has 1 amide bonds. The van der Waals surface area contributed by atoms with Crippen LogP contribution in [0.1, 0.15) is 11.1 Å². The Hall–Kier alpha value is -3.78. The monoisotopic (exact) mass is 438 g/mol. The molecule has 3 aromatic rings. The van der Waals surface area contributed by atoms with Crippen molar-refractivity contribution in [2.24, 2.45) is 0 Å². The summed E-state index contributed by atoms with van der Waals surface area (Å²) >= 11 is 0. The van der Waals surface area contributed by atoms with Gasteiger partial charge in [0.15, 0.2) is 13.6 Å². The van der Waals surface area contributed by atoms with E-state index in [1.165, 1.54) is 0 Å². The van der Waals surface area contributed by atoms with Crippen LogP contribution in [0.4, 0.5) is 4.79 Å². The summed E-state index contributed by atoms with van der Waals surface area (Å²) in [5, 5.41) is 0. The highest BCUT2D eigenvalue weighted by atomic mass is 16.7. The first kappa shape index (κ1) is 22.9. The molecule has 0 saturated carbocycles. The van der Waals surface area contributed by atoms with E-state index in [1.54, 1.807) is 43.5 Å². The average molecular weight is 438 g/mol. The first-order chi connectivity index (χ1) is 15.7. The molecule has 0 bridgehead atoms. The molecule has 0 saturated heterocycles. The molecular formula is C24H26N2O6. The van der Waals surface area contributed by atoms with E-state index in [-0.39, 0.29) is 13.6 Å². The molecule has 2 aromatic carbocycles. The zero-order valence-corrected chi connectivity index (χ0v) is 18.1. The predicted molar refractivity (Wildman–Crippen MR) is 117 cm³/mol. The van der Waals surface area contributed by atoms with Crippen molar-refractivity contribution >= 4 is 6.09 Å². The molecule has 0 fully saturated rings. The van der Waals surface area contributed by atoms with Crippen LogP contribution in [0.25, 0.3) is 0 Å². The van der Waals surface area contributed by atoms with Crippen LogP contribution in [0.15, 0.2) is 72.9 Å². The normalized spacial score (nSPS) is 10.3. The molecular weight excluding hydrogens is 412 g/mol. The zero-order valence-electron chi connectivity index (χ0n) is 18.1. The number of amides is 1. The molecule has 0 unspecified atom stereocenters. The zero-order chi connectivity index (χ0) is 22.6. The summed E-state index contributed by atoms with van der Waals surface area (Å²) in [4.78, 5) is 18.4. The van der Waals surface area contributed by atoms with Crippen molar-refractivity contribution in [3.63, 3.8) is 0 Å². The molecule has 0 atom stereocenters. The molecule has 8 heteroatoms. The van der Waals surface area contributed by atoms with E-state index in [1.807, 2.05) is 48.5 Å². The number of ether oxygens (including phenoxy) is 5. The van der Waals surface area contributed by atoms with Gasteiger partial charge in [0.25, 0.3) is 0 Å². The third kappa shape index (κ3) is 7.17. The van der Waals surface area contributed by atoms with Crippen molar-refractivity contribution in [2.75, 3.05) is 27.8 Å². The number of benzene rings is 2. The van der Waals surface area contributed by atoms with Gasteiger partial charge in [-0.05, 0) is 41.5 Å². The maximum absolute atomic E-state index is 12.8. The Morgan fingerprint density at radius 3 is 1.91 bits per heavy atom. The fourth-order valence-electron chi connectivity index (χ4n) is 2.84. The highest BCUT2D eigenvalue weighted by Crippen LogP contribution is 2.17. The van der Waals surface area contributed by atoms with Crippen LogP contribution in [-0.2, 0) is 22.6 Å². The number of methoxy groups -OCH3 is 2. The van der Waals surface area contributed by atoms with Gasteiger partial charge in [-0.15, -0.1) is 0 Å². The highest BCUT2D eigenvalue weighted by Gasteiger charge is 2.17. The van der Waals surface area contributed by atoms with Crippen molar-refractivity contribution in [3.8, 4) is 17.4 Å². The lowest BCUT2D eigenvalue weighted by atomic mass is 10.1. The van der Waals surface area contributed by atoms with Crippen LogP contribution in [0.3, 0.4) is 0 Å². The largest absolute Gasteiger partial charge is 0.497 e. The summed E-state index contributed by atoms with van der Waals surface area (Å²) in [6.45, 7) is 0.396. The van der Waals surface area contributed by atoms with Crippen LogP contribution in [-0.4, -0.2) is 43.8 Å². The van der Waals surface area contributed by atoms with Gasteiger partial charge in [0.1, 0.15) is 11.5 Å². The Bertz CT molecular complexity index is 899. The van der Waals surface area contributed by atoms with Crippen LogP contribution in [0, 0.1) is 0 Å². The summed E-state index contributed by atoms with van der Waals surface area (Å²) in [5.41, 5.74) is 1.88. The van der Waals surface area contributed by atoms with E-state index in [9.17, 15) is 4.79 Å². The third-order valence-corrected chi connectivity index (χ3v) is 4.52. The van der Waals surface area contributed by atoms with Gasteiger partial charge in [-0.1, -0.05) is 30.3 Å². The van der Waals surface area contributed by atoms with Gasteiger partial charge in [0.05, 0.1) is 14.2 Å². The van der Waals surface area contributed by atoms with Crippen LogP contribution >= 0.6 is 0 Å². The van der Waals surface area contributed by atoms with E-state index in [0.717, 1.165) is 22.6 Å². The predicted octanol–water partition coefficient (Wildman–Crippen LogP) is 4.25. The second-order valence-electron chi connectivity index (χ2n) is 6.71. The number of carbonyl (C=O) groups is 1. The Balaban J connectivity index is 1.57. The standard InChI is InChI=1S/C24H26N2O6/c1-28-21-10-6-19(7-11-21)15-26(16-20-8-12-22(29-2)13-9-20)24(27)32-18-30-17-31-23-5-3-4-14-25-23/h3-14H,15-18H2,1-2H3. The van der Waals surface area contributed by atoms with Crippen molar-refractivity contribution in [3.05, 3.63) is 84.1 Å². The molecule has 0 aliphatic carbocycles. The van der Waals surface area contributed by atoms with Crippen LogP contribution in [0.2, 0.25) is 0 Å². The minimum Gasteiger partial charge on any atom is -0.497 e. The Morgan fingerprint density at radius 1 is 0.812 bits per heavy atom. The molecule has 0 N–H and O–H groups in total. The highest BCUT2D eigenvalue weighted by molar-refractivity contribution is 5.67. The summed E-state index contributed by atoms with van der Waals surface area (Å²) in [6, 6.07) is 20.3. The number of aromatic nitrogens is 1. The van der Waals surface area contributed by atoms with Gasteiger partial charge >= 0.3 is 6.09 Å². The number of carbonyl (C=O) groups excluding carboxylic acids is 1. The quantitative estimate of drug-likeness (QED) is 0.327. The Kier molecular flexibility index (Phi) is 8.70. The lowest BCUT2D eigenvalue weighted by molar-refractivity contribution is -0.0790. The summed E-state index contributed by atoms with van der Waals surface area (Å²) in [5.74, 6) is 1.93. The van der Waals surface area contributed by atoms with Gasteiger partial charge in [-0.3, -0.25) is 4.90 Å². The van der Waals surface area contributed by atoms with Gasteiger partial charge in [0.2, 0.25) is 5.88 Å². The maximum atomic E-state index is 12.8. The van der Waals surface area contributed by atoms with E-state index in [0.29, 0.717) is 19.0 Å². The minimum absolute atomic E-state index is 0.0821. The van der Waals surface area contributed by atoms with E-state index < -0.39 is 6.09 Å². The lowest BCUT2D eigenvalue weighted by Crippen LogP contribution is -2.31. The molecule has 8 nitrogen and oxygen atoms in total. The summed E-state index contributed by atoms with van der Waals surface area (Å²) in [7, 11) is 3.22. The SMILES string of the molecule is COc1ccc(CN(Cc2ccc(OC)cc2)C(=O)OCOCOc2ccccn2)cc1. The molecule has 1 aromatic heterocycles. The van der Waals surface area contributed by atoms with Crippen molar-refractivity contribution in [2.45, 2.75) is 13.1 Å². The molecule has 0 spiro atoms. The molecule has 0 radical (unpaired) electrons. The molecule has 0 aliphatic rings. The Morgan fingerprint density at radius 2 is 1.41 bits per heavy atom. The Labute approximate surface area is 187 Å². The molecule has 168 valence electrons. The number of nitrogens with zero attached hydrogens (tertiary/aromatic N) is 2. The average Bonchev–Trinajstić information content (AvgIpc) is 2.85. The van der Waals surface area contributed by atoms with E-state index in [4.69, 9.17) is 23.7 Å². The minimum atomic E-state index is -0.505. The van der Waals surface area contributed by atoms with Crippen molar-refractivity contribution in [1.82, 2.24) is 9.88 Å². The molecule has 0 aliphatic heterocycles. The molecule has 32 heavy (non-hydrogen) atoms. The fraction of sp³-hybridized carbons (Fsp3) is 0.250. The van der Waals surface area contributed by atoms with Gasteiger partial charge in [-0.2, -0.15) is 0 Å². The number of rotatable bonds is 11. The van der Waals surface area contributed by atoms with Gasteiger partial charge in [0, 0.05) is 25.4 Å². The number of hydrogen-bond acceptors (Lipinski definition) is 7. The molecule has 1 heterocycles. The first-order valence-electron chi connectivity index (χ1n) is 9.97. The van der Waals surface area contributed by atoms with Crippen LogP contribution in [0.5, 0.6) is 17.4 Å². The number of pyridine rings is 1. The summed E-state index contributed by atoms with van der Waals surface area (Å²) in [6.07, 6.45) is 1.11. The third-order valence-electron chi connectivity index (χ3n) is 4.52. The van der Waals surface area contributed by atoms with E-state index >= 15 is 0 Å². The fourth-order valence-corrected chi connectivity index (χ4v) is 2.84. The van der Waals surface area contributed by atoms with Gasteiger partial charge < -0.3 is 23.7 Å². The van der Waals surface area contributed by atoms with Crippen molar-refractivity contribution in [1.29, 1.82) is 0 Å². The maximum Gasteiger partial charge on any atom is 0.412 e.